The summed E-state index contributed by atoms with van der Waals surface area (Å²) in [5, 5.41) is 23.2. The van der Waals surface area contributed by atoms with Crippen molar-refractivity contribution in [3.63, 3.8) is 0 Å². The molecule has 10 heteroatoms. The molecule has 0 atom stereocenters. The van der Waals surface area contributed by atoms with E-state index in [-0.39, 0.29) is 11.5 Å². The Morgan fingerprint density at radius 3 is 2.76 bits per heavy atom. The highest BCUT2D eigenvalue weighted by Crippen LogP contribution is 2.42. The summed E-state index contributed by atoms with van der Waals surface area (Å²) in [4.78, 5) is 32.4. The van der Waals surface area contributed by atoms with Crippen LogP contribution in [0.25, 0.3) is 5.57 Å². The number of benzene rings is 2. The number of hydrogen-bond acceptors (Lipinski definition) is 7. The first-order valence-electron chi connectivity index (χ1n) is 10.7. The van der Waals surface area contributed by atoms with Crippen molar-refractivity contribution in [1.29, 1.82) is 0 Å². The zero-order valence-corrected chi connectivity index (χ0v) is 19.2. The molecule has 170 valence electrons. The van der Waals surface area contributed by atoms with E-state index in [0.717, 1.165) is 42.8 Å². The molecule has 33 heavy (non-hydrogen) atoms. The fourth-order valence-corrected chi connectivity index (χ4v) is 4.68. The van der Waals surface area contributed by atoms with Gasteiger partial charge < -0.3 is 25.9 Å². The van der Waals surface area contributed by atoms with Crippen LogP contribution < -0.4 is 16.0 Å². The molecular weight excluding hydrogens is 490 g/mol. The molecule has 0 bridgehead atoms. The molecule has 3 aliphatic heterocycles. The molecule has 1 amide bonds. The smallest absolute Gasteiger partial charge is 0.335 e. The minimum Gasteiger partial charge on any atom is -0.478 e. The molecule has 0 radical (unpaired) electrons. The van der Waals surface area contributed by atoms with Gasteiger partial charge in [-0.25, -0.2) is 4.79 Å². The summed E-state index contributed by atoms with van der Waals surface area (Å²) in [5.41, 5.74) is 4.21. The van der Waals surface area contributed by atoms with Crippen LogP contribution in [0.5, 0.6) is 0 Å². The van der Waals surface area contributed by atoms with Crippen molar-refractivity contribution in [3.05, 3.63) is 63.3 Å². The highest BCUT2D eigenvalue weighted by molar-refractivity contribution is 9.10. The first-order chi connectivity index (χ1) is 16.0. The molecule has 3 aliphatic rings. The number of anilines is 2. The SMILES string of the molecule is O=C1Nc2c(Br)cccc2/C1=C1/Nc2cc(C(=O)O)ccc2/C1=N\OCCN1CCNCC1. The summed E-state index contributed by atoms with van der Waals surface area (Å²) in [6.07, 6.45) is 0. The number of nitrogens with zero attached hydrogens (tertiary/aromatic N) is 2. The molecule has 0 aromatic heterocycles. The number of nitrogens with one attached hydrogen (secondary N) is 3. The Hall–Kier alpha value is -3.21. The van der Waals surface area contributed by atoms with Crippen LogP contribution in [-0.2, 0) is 9.63 Å². The number of carboxylic acids is 1. The number of allylic oxidation sites excluding steroid dienone is 1. The van der Waals surface area contributed by atoms with Crippen LogP contribution in [-0.4, -0.2) is 66.9 Å². The lowest BCUT2D eigenvalue weighted by atomic mass is 10.0. The third kappa shape index (κ3) is 4.12. The number of carboxylic acid groups (broad SMARTS) is 1. The third-order valence-electron chi connectivity index (χ3n) is 5.88. The maximum atomic E-state index is 12.9. The second-order valence-electron chi connectivity index (χ2n) is 7.92. The van der Waals surface area contributed by atoms with Crippen molar-refractivity contribution in [3.8, 4) is 0 Å². The summed E-state index contributed by atoms with van der Waals surface area (Å²) in [7, 11) is 0. The van der Waals surface area contributed by atoms with Gasteiger partial charge in [-0.05, 0) is 40.2 Å². The number of fused-ring (bicyclic) bond motifs is 2. The molecule has 5 rings (SSSR count). The van der Waals surface area contributed by atoms with E-state index >= 15 is 0 Å². The van der Waals surface area contributed by atoms with Crippen molar-refractivity contribution >= 4 is 50.5 Å². The van der Waals surface area contributed by atoms with Gasteiger partial charge in [-0.15, -0.1) is 0 Å². The number of carbonyl (C=O) groups excluding carboxylic acids is 1. The van der Waals surface area contributed by atoms with E-state index in [1.54, 1.807) is 6.07 Å². The number of oxime groups is 1. The number of halogens is 1. The van der Waals surface area contributed by atoms with Crippen LogP contribution in [0.1, 0.15) is 21.5 Å². The van der Waals surface area contributed by atoms with Gasteiger partial charge in [0.15, 0.2) is 0 Å². The van der Waals surface area contributed by atoms with Gasteiger partial charge in [0.2, 0.25) is 0 Å². The average molecular weight is 512 g/mol. The number of amides is 1. The van der Waals surface area contributed by atoms with Crippen molar-refractivity contribution in [2.24, 2.45) is 5.16 Å². The maximum absolute atomic E-state index is 12.9. The Kier molecular flexibility index (Phi) is 5.88. The van der Waals surface area contributed by atoms with Crippen LogP contribution in [0, 0.1) is 0 Å². The maximum Gasteiger partial charge on any atom is 0.335 e. The summed E-state index contributed by atoms with van der Waals surface area (Å²) in [6.45, 7) is 4.99. The molecule has 2 aromatic carbocycles. The van der Waals surface area contributed by atoms with E-state index in [9.17, 15) is 14.7 Å². The number of rotatable bonds is 5. The zero-order chi connectivity index (χ0) is 22.9. The van der Waals surface area contributed by atoms with Gasteiger partial charge in [-0.1, -0.05) is 17.3 Å². The Morgan fingerprint density at radius 2 is 1.97 bits per heavy atom. The van der Waals surface area contributed by atoms with Crippen molar-refractivity contribution in [2.75, 3.05) is 50.0 Å². The molecule has 1 saturated heterocycles. The van der Waals surface area contributed by atoms with Gasteiger partial charge in [0.1, 0.15) is 12.3 Å². The van der Waals surface area contributed by atoms with Gasteiger partial charge in [0, 0.05) is 54.0 Å². The number of aromatic carboxylic acids is 1. The molecule has 1 fully saturated rings. The molecule has 9 nitrogen and oxygen atoms in total. The molecule has 2 aromatic rings. The summed E-state index contributed by atoms with van der Waals surface area (Å²) < 4.78 is 0.776. The Morgan fingerprint density at radius 1 is 1.15 bits per heavy atom. The van der Waals surface area contributed by atoms with Crippen LogP contribution in [0.3, 0.4) is 0 Å². The molecule has 3 heterocycles. The predicted molar refractivity (Wildman–Crippen MR) is 129 cm³/mol. The fraction of sp³-hybridized carbons (Fsp3) is 0.261. The first-order valence-corrected chi connectivity index (χ1v) is 11.4. The average Bonchev–Trinajstić information content (AvgIpc) is 3.34. The lowest BCUT2D eigenvalue weighted by Crippen LogP contribution is -2.44. The monoisotopic (exact) mass is 511 g/mol. The number of piperazine rings is 1. The molecule has 0 spiro atoms. The molecule has 0 unspecified atom stereocenters. The molecule has 0 saturated carbocycles. The van der Waals surface area contributed by atoms with Gasteiger partial charge in [0.05, 0.1) is 22.5 Å². The zero-order valence-electron chi connectivity index (χ0n) is 17.7. The van der Waals surface area contributed by atoms with E-state index in [2.05, 4.69) is 41.9 Å². The van der Waals surface area contributed by atoms with E-state index in [1.165, 1.54) is 12.1 Å². The Labute approximate surface area is 198 Å². The van der Waals surface area contributed by atoms with Crippen LogP contribution in [0.4, 0.5) is 11.4 Å². The minimum atomic E-state index is -1.03. The van der Waals surface area contributed by atoms with Gasteiger partial charge in [-0.2, -0.15) is 0 Å². The van der Waals surface area contributed by atoms with Gasteiger partial charge in [-0.3, -0.25) is 9.69 Å². The normalized spacial score (nSPS) is 20.9. The second-order valence-corrected chi connectivity index (χ2v) is 8.78. The van der Waals surface area contributed by atoms with Crippen LogP contribution >= 0.6 is 15.9 Å². The van der Waals surface area contributed by atoms with Crippen LogP contribution in [0.2, 0.25) is 0 Å². The van der Waals surface area contributed by atoms with Gasteiger partial charge in [0.25, 0.3) is 5.91 Å². The number of carbonyl (C=O) groups is 2. The van der Waals surface area contributed by atoms with Crippen molar-refractivity contribution in [1.82, 2.24) is 10.2 Å². The van der Waals surface area contributed by atoms with Crippen molar-refractivity contribution in [2.45, 2.75) is 0 Å². The number of hydrogen-bond donors (Lipinski definition) is 4. The van der Waals surface area contributed by atoms with E-state index < -0.39 is 5.97 Å². The van der Waals surface area contributed by atoms with Gasteiger partial charge >= 0.3 is 5.97 Å². The quantitative estimate of drug-likeness (QED) is 0.277. The molecule has 0 aliphatic carbocycles. The van der Waals surface area contributed by atoms with E-state index in [0.29, 0.717) is 40.5 Å². The molecular formula is C23H22BrN5O4. The lowest BCUT2D eigenvalue weighted by Gasteiger charge is -2.26. The topological polar surface area (TPSA) is 115 Å². The highest BCUT2D eigenvalue weighted by Gasteiger charge is 2.35. The fourth-order valence-electron chi connectivity index (χ4n) is 4.21. The summed E-state index contributed by atoms with van der Waals surface area (Å²) >= 11 is 3.48. The summed E-state index contributed by atoms with van der Waals surface area (Å²) in [5.74, 6) is -1.29. The first kappa shape index (κ1) is 21.6. The minimum absolute atomic E-state index is 0.144. The summed E-state index contributed by atoms with van der Waals surface area (Å²) in [6, 6.07) is 10.3. The predicted octanol–water partition coefficient (Wildman–Crippen LogP) is 2.56. The Balaban J connectivity index is 1.51. The Bertz CT molecular complexity index is 1200. The van der Waals surface area contributed by atoms with E-state index in [4.69, 9.17) is 4.84 Å². The highest BCUT2D eigenvalue weighted by atomic mass is 79.9. The van der Waals surface area contributed by atoms with Crippen molar-refractivity contribution < 1.29 is 19.5 Å². The van der Waals surface area contributed by atoms with E-state index in [1.807, 2.05) is 18.2 Å². The largest absolute Gasteiger partial charge is 0.478 e. The lowest BCUT2D eigenvalue weighted by molar-refractivity contribution is -0.110. The standard InChI is InChI=1S/C23H22BrN5O4/c24-16-3-1-2-15-18(22(30)27-19(15)16)21-20(28-33-11-10-29-8-6-25-7-9-29)14-5-4-13(23(31)32)12-17(14)26-21/h1-5,12,25-26H,6-11H2,(H,27,30)(H,31,32)/b21-18-,28-20+. The van der Waals surface area contributed by atoms with Crippen LogP contribution in [0.15, 0.2) is 51.7 Å². The number of para-hydroxylation sites is 1. The third-order valence-corrected chi connectivity index (χ3v) is 6.54. The molecule has 4 N–H and O–H groups in total. The second kappa shape index (κ2) is 8.97.